The van der Waals surface area contributed by atoms with Crippen molar-refractivity contribution < 1.29 is 37.3 Å². The minimum atomic E-state index is -4.79. The molecule has 2 unspecified atom stereocenters. The predicted molar refractivity (Wildman–Crippen MR) is 48.8 cm³/mol. The van der Waals surface area contributed by atoms with Gasteiger partial charge in [-0.3, -0.25) is 9.35 Å². The Bertz CT molecular complexity index is 351. The number of carbonyl (C=O) groups is 1. The molecule has 9 heteroatoms. The lowest BCUT2D eigenvalue weighted by Crippen LogP contribution is -2.48. The summed E-state index contributed by atoms with van der Waals surface area (Å²) in [4.78, 5) is 10.6. The van der Waals surface area contributed by atoms with Crippen molar-refractivity contribution in [1.82, 2.24) is 0 Å². The van der Waals surface area contributed by atoms with Gasteiger partial charge in [0.2, 0.25) is 0 Å². The summed E-state index contributed by atoms with van der Waals surface area (Å²) < 4.78 is 33.3. The molecule has 8 nitrogen and oxygen atoms in total. The lowest BCUT2D eigenvalue weighted by molar-refractivity contribution is -0.151. The first-order valence-electron chi connectivity index (χ1n) is 4.45. The largest absolute Gasteiger partial charge is 0.481 e. The highest BCUT2D eigenvalue weighted by Crippen LogP contribution is 2.28. The van der Waals surface area contributed by atoms with E-state index in [1.54, 1.807) is 0 Å². The summed E-state index contributed by atoms with van der Waals surface area (Å²) >= 11 is 0. The Labute approximate surface area is 91.4 Å². The van der Waals surface area contributed by atoms with Crippen LogP contribution in [-0.2, 0) is 19.4 Å². The van der Waals surface area contributed by atoms with Crippen LogP contribution >= 0.6 is 0 Å². The van der Waals surface area contributed by atoms with E-state index in [0.717, 1.165) is 0 Å². The number of hydrogen-bond donors (Lipinski definition) is 4. The minimum Gasteiger partial charge on any atom is -0.481 e. The molecule has 94 valence electrons. The van der Waals surface area contributed by atoms with Gasteiger partial charge in [0.05, 0.1) is 18.1 Å². The van der Waals surface area contributed by atoms with Gasteiger partial charge in [0.15, 0.2) is 0 Å². The van der Waals surface area contributed by atoms with Crippen LogP contribution in [0.25, 0.3) is 0 Å². The van der Waals surface area contributed by atoms with E-state index in [1.807, 2.05) is 0 Å². The van der Waals surface area contributed by atoms with E-state index in [0.29, 0.717) is 0 Å². The summed E-state index contributed by atoms with van der Waals surface area (Å²) in [6.07, 6.45) is -4.96. The third kappa shape index (κ3) is 3.39. The SMILES string of the molecule is O=C(O)C1CC(O)C(OS(=O)(=O)O)C(O)C1. The molecule has 0 aromatic rings. The molecule has 0 bridgehead atoms. The van der Waals surface area contributed by atoms with Gasteiger partial charge in [-0.05, 0) is 12.8 Å². The second-order valence-electron chi connectivity index (χ2n) is 3.63. The highest BCUT2D eigenvalue weighted by atomic mass is 32.3. The molecule has 2 atom stereocenters. The average Bonchev–Trinajstić information content (AvgIpc) is 2.09. The molecule has 4 N–H and O–H groups in total. The summed E-state index contributed by atoms with van der Waals surface area (Å²) in [7, 11) is -4.79. The first-order chi connectivity index (χ1) is 7.20. The zero-order valence-corrected chi connectivity index (χ0v) is 8.87. The highest BCUT2D eigenvalue weighted by molar-refractivity contribution is 7.80. The Kier molecular flexibility index (Phi) is 3.86. The summed E-state index contributed by atoms with van der Waals surface area (Å²) in [5, 5.41) is 27.5. The maximum atomic E-state index is 10.6. The first-order valence-corrected chi connectivity index (χ1v) is 5.82. The fourth-order valence-electron chi connectivity index (χ4n) is 1.67. The fourth-order valence-corrected chi connectivity index (χ4v) is 2.21. The number of hydrogen-bond acceptors (Lipinski definition) is 6. The summed E-state index contributed by atoms with van der Waals surface area (Å²) in [5.41, 5.74) is 0. The molecule has 0 amide bonds. The third-order valence-electron chi connectivity index (χ3n) is 2.39. The van der Waals surface area contributed by atoms with Crippen molar-refractivity contribution in [3.05, 3.63) is 0 Å². The second-order valence-corrected chi connectivity index (χ2v) is 4.68. The van der Waals surface area contributed by atoms with Gasteiger partial charge in [-0.15, -0.1) is 0 Å². The van der Waals surface area contributed by atoms with Crippen LogP contribution in [0.2, 0.25) is 0 Å². The summed E-state index contributed by atoms with van der Waals surface area (Å²) in [6, 6.07) is 0. The van der Waals surface area contributed by atoms with Crippen LogP contribution in [0.5, 0.6) is 0 Å². The molecular weight excluding hydrogens is 244 g/mol. The van der Waals surface area contributed by atoms with E-state index in [9.17, 15) is 23.4 Å². The maximum Gasteiger partial charge on any atom is 0.397 e. The van der Waals surface area contributed by atoms with Crippen molar-refractivity contribution in [3.8, 4) is 0 Å². The highest BCUT2D eigenvalue weighted by Gasteiger charge is 2.41. The molecule has 1 fully saturated rings. The normalized spacial score (nSPS) is 35.9. The molecule has 1 aliphatic carbocycles. The van der Waals surface area contributed by atoms with E-state index < -0.39 is 40.6 Å². The van der Waals surface area contributed by atoms with Crippen LogP contribution in [0.15, 0.2) is 0 Å². The van der Waals surface area contributed by atoms with Crippen molar-refractivity contribution in [2.75, 3.05) is 0 Å². The Balaban J connectivity index is 2.73. The van der Waals surface area contributed by atoms with Crippen LogP contribution in [0.1, 0.15) is 12.8 Å². The van der Waals surface area contributed by atoms with Crippen molar-refractivity contribution in [3.63, 3.8) is 0 Å². The van der Waals surface area contributed by atoms with Gasteiger partial charge in [-0.2, -0.15) is 8.42 Å². The molecule has 0 radical (unpaired) electrons. The van der Waals surface area contributed by atoms with Gasteiger partial charge in [0.1, 0.15) is 6.10 Å². The molecule has 0 heterocycles. The quantitative estimate of drug-likeness (QED) is 0.442. The lowest BCUT2D eigenvalue weighted by atomic mass is 9.83. The van der Waals surface area contributed by atoms with Gasteiger partial charge in [-0.1, -0.05) is 0 Å². The van der Waals surface area contributed by atoms with E-state index in [4.69, 9.17) is 9.66 Å². The van der Waals surface area contributed by atoms with Gasteiger partial charge in [-0.25, -0.2) is 4.18 Å². The molecule has 1 saturated carbocycles. The number of carboxylic acids is 1. The van der Waals surface area contributed by atoms with Crippen molar-refractivity contribution in [2.45, 2.75) is 31.2 Å². The van der Waals surface area contributed by atoms with Crippen LogP contribution in [-0.4, -0.2) is 52.6 Å². The number of rotatable bonds is 3. The number of carboxylic acid groups (broad SMARTS) is 1. The first kappa shape index (κ1) is 13.3. The lowest BCUT2D eigenvalue weighted by Gasteiger charge is -2.33. The van der Waals surface area contributed by atoms with Crippen LogP contribution in [0.4, 0.5) is 0 Å². The molecule has 1 aliphatic rings. The van der Waals surface area contributed by atoms with Crippen LogP contribution in [0, 0.1) is 5.92 Å². The van der Waals surface area contributed by atoms with E-state index >= 15 is 0 Å². The topological polar surface area (TPSA) is 141 Å². The molecule has 0 aromatic carbocycles. The fraction of sp³-hybridized carbons (Fsp3) is 0.857. The van der Waals surface area contributed by atoms with Crippen molar-refractivity contribution in [1.29, 1.82) is 0 Å². The predicted octanol–water partition coefficient (Wildman–Crippen LogP) is -1.61. The number of aliphatic hydroxyl groups excluding tert-OH is 2. The molecule has 0 spiro atoms. The summed E-state index contributed by atoms with van der Waals surface area (Å²) in [5.74, 6) is -2.16. The van der Waals surface area contributed by atoms with E-state index in [-0.39, 0.29) is 12.8 Å². The van der Waals surface area contributed by atoms with Crippen molar-refractivity contribution >= 4 is 16.4 Å². The Morgan fingerprint density at radius 2 is 1.62 bits per heavy atom. The number of aliphatic carboxylic acids is 1. The van der Waals surface area contributed by atoms with E-state index in [1.165, 1.54) is 0 Å². The zero-order valence-electron chi connectivity index (χ0n) is 8.05. The molecule has 1 rings (SSSR count). The van der Waals surface area contributed by atoms with Crippen LogP contribution < -0.4 is 0 Å². The maximum absolute atomic E-state index is 10.6. The Morgan fingerprint density at radius 3 is 1.94 bits per heavy atom. The smallest absolute Gasteiger partial charge is 0.397 e. The van der Waals surface area contributed by atoms with Gasteiger partial charge in [0, 0.05) is 0 Å². The average molecular weight is 256 g/mol. The van der Waals surface area contributed by atoms with Gasteiger partial charge < -0.3 is 15.3 Å². The second kappa shape index (κ2) is 4.63. The monoisotopic (exact) mass is 256 g/mol. The molecular formula is C7H12O8S. The van der Waals surface area contributed by atoms with Crippen LogP contribution in [0.3, 0.4) is 0 Å². The van der Waals surface area contributed by atoms with Gasteiger partial charge in [0.25, 0.3) is 0 Å². The molecule has 0 aliphatic heterocycles. The standard InChI is InChI=1S/C7H12O8S/c8-4-1-3(7(10)11)2-5(9)6(4)15-16(12,13)14/h3-6,8-9H,1-2H2,(H,10,11)(H,12,13,14). The minimum absolute atomic E-state index is 0.243. The van der Waals surface area contributed by atoms with E-state index in [2.05, 4.69) is 4.18 Å². The van der Waals surface area contributed by atoms with Gasteiger partial charge >= 0.3 is 16.4 Å². The Morgan fingerprint density at radius 1 is 1.19 bits per heavy atom. The Hall–Kier alpha value is -0.740. The number of aliphatic hydroxyl groups is 2. The molecule has 16 heavy (non-hydrogen) atoms. The molecule has 0 aromatic heterocycles. The summed E-state index contributed by atoms with van der Waals surface area (Å²) in [6.45, 7) is 0. The zero-order chi connectivity index (χ0) is 12.5. The third-order valence-corrected chi connectivity index (χ3v) is 2.86. The molecule has 0 saturated heterocycles. The van der Waals surface area contributed by atoms with Crippen molar-refractivity contribution in [2.24, 2.45) is 5.92 Å².